The Hall–Kier alpha value is -3.51. The van der Waals surface area contributed by atoms with Crippen LogP contribution in [0, 0.1) is 28.6 Å². The monoisotopic (exact) mass is 632 g/mol. The smallest absolute Gasteiger partial charge is 0.315 e. The number of likely N-dealkylation sites (tertiary alicyclic amines) is 2. The second kappa shape index (κ2) is 13.9. The highest BCUT2D eigenvalue weighted by Gasteiger charge is 2.47. The molecule has 5 atom stereocenters. The highest BCUT2D eigenvalue weighted by atomic mass is 16.2. The summed E-state index contributed by atoms with van der Waals surface area (Å²) < 4.78 is 0. The van der Waals surface area contributed by atoms with Gasteiger partial charge in [-0.3, -0.25) is 33.7 Å². The fraction of sp³-hybridized carbons (Fsp3) is 0.781. The summed E-state index contributed by atoms with van der Waals surface area (Å²) in [5.74, 6) is -3.14. The number of carbonyl (C=O) groups excluding carboxylic acids is 7. The molecule has 3 fully saturated rings. The van der Waals surface area contributed by atoms with Crippen LogP contribution in [0.3, 0.4) is 0 Å². The van der Waals surface area contributed by atoms with E-state index in [1.807, 2.05) is 34.6 Å². The summed E-state index contributed by atoms with van der Waals surface area (Å²) in [6.45, 7) is 15.4. The van der Waals surface area contributed by atoms with Crippen LogP contribution >= 0.6 is 0 Å². The second-order valence-corrected chi connectivity index (χ2v) is 15.4. The molecule has 1 aliphatic carbocycles. The van der Waals surface area contributed by atoms with Gasteiger partial charge < -0.3 is 26.6 Å². The lowest BCUT2D eigenvalue weighted by molar-refractivity contribution is -0.143. The Kier molecular flexibility index (Phi) is 11.1. The summed E-state index contributed by atoms with van der Waals surface area (Å²) in [7, 11) is 0. The Bertz CT molecular complexity index is 1180. The van der Waals surface area contributed by atoms with E-state index in [2.05, 4.69) is 16.0 Å². The zero-order valence-corrected chi connectivity index (χ0v) is 28.0. The van der Waals surface area contributed by atoms with Crippen molar-refractivity contribution in [1.82, 2.24) is 25.8 Å². The number of nitrogens with two attached hydrogens (primary N) is 1. The largest absolute Gasteiger partial charge is 0.363 e. The molecule has 2 saturated heterocycles. The molecule has 0 bridgehead atoms. The van der Waals surface area contributed by atoms with E-state index in [0.29, 0.717) is 12.8 Å². The average Bonchev–Trinajstić information content (AvgIpc) is 3.52. The molecule has 7 amide bonds. The number of rotatable bonds is 12. The maximum Gasteiger partial charge on any atom is 0.315 e. The summed E-state index contributed by atoms with van der Waals surface area (Å²) in [6.07, 6.45) is 2.78. The Morgan fingerprint density at radius 3 is 1.93 bits per heavy atom. The number of imide groups is 1. The van der Waals surface area contributed by atoms with Gasteiger partial charge in [-0.1, -0.05) is 68.2 Å². The van der Waals surface area contributed by atoms with Crippen LogP contribution in [0.5, 0.6) is 0 Å². The van der Waals surface area contributed by atoms with Crippen LogP contribution in [0.4, 0.5) is 4.79 Å². The molecule has 13 nitrogen and oxygen atoms in total. The first kappa shape index (κ1) is 36.0. The van der Waals surface area contributed by atoms with Crippen molar-refractivity contribution >= 4 is 41.4 Å². The summed E-state index contributed by atoms with van der Waals surface area (Å²) in [6, 6.07) is -4.23. The van der Waals surface area contributed by atoms with Crippen LogP contribution in [0.1, 0.15) is 93.9 Å². The topological polar surface area (TPSA) is 188 Å². The minimum Gasteiger partial charge on any atom is -0.363 e. The molecule has 1 saturated carbocycles. The minimum absolute atomic E-state index is 0.00586. The number of hydrogen-bond donors (Lipinski definition) is 4. The van der Waals surface area contributed by atoms with Gasteiger partial charge in [0, 0.05) is 25.9 Å². The molecule has 2 aliphatic heterocycles. The normalized spacial score (nSPS) is 22.7. The molecule has 0 aromatic rings. The minimum atomic E-state index is -1.12. The van der Waals surface area contributed by atoms with Gasteiger partial charge >= 0.3 is 6.03 Å². The maximum absolute atomic E-state index is 14.2. The number of amides is 7. The van der Waals surface area contributed by atoms with Gasteiger partial charge in [0.15, 0.2) is 0 Å². The van der Waals surface area contributed by atoms with Gasteiger partial charge in [-0.25, -0.2) is 4.79 Å². The molecule has 0 radical (unpaired) electrons. The van der Waals surface area contributed by atoms with Crippen molar-refractivity contribution in [2.45, 2.75) is 118 Å². The number of urea groups is 1. The molecule has 3 aliphatic rings. The van der Waals surface area contributed by atoms with Gasteiger partial charge in [0.1, 0.15) is 12.1 Å². The lowest BCUT2D eigenvalue weighted by Crippen LogP contribution is -2.62. The highest BCUT2D eigenvalue weighted by Crippen LogP contribution is 2.35. The van der Waals surface area contributed by atoms with Gasteiger partial charge in [0.25, 0.3) is 5.91 Å². The average molecular weight is 633 g/mol. The highest BCUT2D eigenvalue weighted by molar-refractivity contribution is 6.37. The lowest BCUT2D eigenvalue weighted by atomic mass is 9.85. The van der Waals surface area contributed by atoms with Crippen molar-refractivity contribution in [1.29, 1.82) is 0 Å². The van der Waals surface area contributed by atoms with Crippen molar-refractivity contribution < 1.29 is 33.6 Å². The van der Waals surface area contributed by atoms with Gasteiger partial charge in [0.2, 0.25) is 29.4 Å². The van der Waals surface area contributed by atoms with E-state index in [9.17, 15) is 33.6 Å². The number of ketones is 1. The Labute approximate surface area is 266 Å². The number of hydrogen-bond acceptors (Lipinski definition) is 7. The molecular weight excluding hydrogens is 580 g/mol. The summed E-state index contributed by atoms with van der Waals surface area (Å²) >= 11 is 0. The van der Waals surface area contributed by atoms with Gasteiger partial charge in [-0.05, 0) is 41.4 Å². The van der Waals surface area contributed by atoms with Crippen molar-refractivity contribution in [2.75, 3.05) is 13.1 Å². The zero-order chi connectivity index (χ0) is 34.0. The van der Waals surface area contributed by atoms with E-state index in [1.165, 1.54) is 9.80 Å². The Balaban J connectivity index is 1.81. The number of primary amides is 1. The fourth-order valence-electron chi connectivity index (χ4n) is 5.89. The number of nitrogens with zero attached hydrogens (tertiary/aromatic N) is 2. The van der Waals surface area contributed by atoms with Crippen LogP contribution in [0.15, 0.2) is 0 Å². The molecule has 0 aromatic carbocycles. The first-order valence-electron chi connectivity index (χ1n) is 16.0. The molecule has 2 heterocycles. The summed E-state index contributed by atoms with van der Waals surface area (Å²) in [4.78, 5) is 92.8. The van der Waals surface area contributed by atoms with E-state index < -0.39 is 64.5 Å². The number of carbonyl (C=O) groups is 7. The van der Waals surface area contributed by atoms with Crippen LogP contribution < -0.4 is 21.7 Å². The molecule has 1 unspecified atom stereocenters. The first-order valence-corrected chi connectivity index (χ1v) is 16.0. The van der Waals surface area contributed by atoms with Gasteiger partial charge in [-0.15, -0.1) is 0 Å². The third-order valence-electron chi connectivity index (χ3n) is 9.26. The van der Waals surface area contributed by atoms with Crippen molar-refractivity contribution in [3.63, 3.8) is 0 Å². The van der Waals surface area contributed by atoms with E-state index in [1.54, 1.807) is 20.8 Å². The lowest BCUT2D eigenvalue weighted by Gasteiger charge is -2.37. The Morgan fingerprint density at radius 2 is 1.47 bits per heavy atom. The molecular formula is C32H52N6O7. The number of Topliss-reactive ketones (excluding diaryl/α,β-unsaturated/α-hetero) is 1. The SMILES string of the molecule is CC(C)[C@@H]1C[C@@H](C(=O)NC(CC2CC2)C(=O)C(N)=O)N(C(=O)[C@@H](NC(=O)N[C@H](CN2C(=O)CCC2=O)C(C)(C)C)C(C)(C)C)C1. The molecule has 0 aromatic heterocycles. The first-order chi connectivity index (χ1) is 20.7. The van der Waals surface area contributed by atoms with Crippen LogP contribution in [-0.4, -0.2) is 88.4 Å². The van der Waals surface area contributed by atoms with E-state index in [-0.39, 0.29) is 55.5 Å². The third kappa shape index (κ3) is 9.26. The van der Waals surface area contributed by atoms with Crippen LogP contribution in [-0.2, 0) is 28.8 Å². The maximum atomic E-state index is 14.2. The van der Waals surface area contributed by atoms with Crippen LogP contribution in [0.2, 0.25) is 0 Å². The van der Waals surface area contributed by atoms with Gasteiger partial charge in [0.05, 0.1) is 12.1 Å². The standard InChI is InChI=1S/C32H52N6O7/c1-17(2)19-14-21(28(43)34-20(13-18-9-10-18)25(41)27(33)42)37(15-19)29(44)26(32(6,7)8)36-30(45)35-22(31(3,4)5)16-38-23(39)11-12-24(38)40/h17-22,26H,9-16H2,1-8H3,(H2,33,42)(H,34,43)(H2,35,36,45)/t19-,20?,21+,22-,26-/m1/s1. The zero-order valence-electron chi connectivity index (χ0n) is 28.0. The van der Waals surface area contributed by atoms with E-state index in [4.69, 9.17) is 5.73 Å². The van der Waals surface area contributed by atoms with E-state index in [0.717, 1.165) is 12.8 Å². The van der Waals surface area contributed by atoms with E-state index >= 15 is 0 Å². The molecule has 0 spiro atoms. The fourth-order valence-corrected chi connectivity index (χ4v) is 5.89. The van der Waals surface area contributed by atoms with Crippen molar-refractivity contribution in [3.05, 3.63) is 0 Å². The van der Waals surface area contributed by atoms with Crippen molar-refractivity contribution in [2.24, 2.45) is 34.3 Å². The molecule has 45 heavy (non-hydrogen) atoms. The van der Waals surface area contributed by atoms with Gasteiger partial charge in [-0.2, -0.15) is 0 Å². The summed E-state index contributed by atoms with van der Waals surface area (Å²) in [5.41, 5.74) is 3.98. The third-order valence-corrected chi connectivity index (χ3v) is 9.26. The predicted molar refractivity (Wildman–Crippen MR) is 166 cm³/mol. The molecule has 5 N–H and O–H groups in total. The molecule has 3 rings (SSSR count). The van der Waals surface area contributed by atoms with Crippen molar-refractivity contribution in [3.8, 4) is 0 Å². The molecule has 13 heteroatoms. The predicted octanol–water partition coefficient (Wildman–Crippen LogP) is 1.48. The Morgan fingerprint density at radius 1 is 0.889 bits per heavy atom. The number of nitrogens with one attached hydrogen (secondary N) is 3. The van der Waals surface area contributed by atoms with Crippen LogP contribution in [0.25, 0.3) is 0 Å². The summed E-state index contributed by atoms with van der Waals surface area (Å²) in [5, 5.41) is 8.41. The molecule has 252 valence electrons. The second-order valence-electron chi connectivity index (χ2n) is 15.4. The quantitative estimate of drug-likeness (QED) is 0.185.